The standard InChI is InChI=1S/C10H8Br2N2O/c1-6-4-7(11)9(8(12)5-6)14-3-2-13-10(14)15/h2-5H,1H3,(H,13,15). The number of aryl methyl sites for hydroxylation is 1. The van der Waals surface area contributed by atoms with E-state index >= 15 is 0 Å². The van der Waals surface area contributed by atoms with Gasteiger partial charge in [-0.15, -0.1) is 0 Å². The van der Waals surface area contributed by atoms with E-state index in [-0.39, 0.29) is 5.69 Å². The monoisotopic (exact) mass is 330 g/mol. The van der Waals surface area contributed by atoms with E-state index in [2.05, 4.69) is 36.8 Å². The summed E-state index contributed by atoms with van der Waals surface area (Å²) in [6.45, 7) is 2.00. The highest BCUT2D eigenvalue weighted by Gasteiger charge is 2.09. The van der Waals surface area contributed by atoms with Crippen LogP contribution in [0.25, 0.3) is 5.69 Å². The minimum atomic E-state index is -0.153. The van der Waals surface area contributed by atoms with Crippen molar-refractivity contribution >= 4 is 31.9 Å². The summed E-state index contributed by atoms with van der Waals surface area (Å²) in [6, 6.07) is 3.94. The number of hydrogen-bond donors (Lipinski definition) is 1. The molecule has 1 heterocycles. The van der Waals surface area contributed by atoms with Crippen LogP contribution in [-0.4, -0.2) is 9.55 Å². The second-order valence-corrected chi connectivity index (χ2v) is 4.92. The fourth-order valence-electron chi connectivity index (χ4n) is 1.42. The van der Waals surface area contributed by atoms with Gasteiger partial charge in [0.1, 0.15) is 0 Å². The van der Waals surface area contributed by atoms with Crippen LogP contribution in [0.1, 0.15) is 5.56 Å². The molecular formula is C10H8Br2N2O. The lowest BCUT2D eigenvalue weighted by Gasteiger charge is -2.08. The van der Waals surface area contributed by atoms with Gasteiger partial charge in [0.15, 0.2) is 0 Å². The van der Waals surface area contributed by atoms with Crippen molar-refractivity contribution in [2.45, 2.75) is 6.92 Å². The minimum absolute atomic E-state index is 0.153. The number of imidazole rings is 1. The Morgan fingerprint density at radius 3 is 2.33 bits per heavy atom. The Kier molecular flexibility index (Phi) is 2.84. The number of nitrogens with zero attached hydrogens (tertiary/aromatic N) is 1. The van der Waals surface area contributed by atoms with Crippen LogP contribution in [0.15, 0.2) is 38.3 Å². The number of rotatable bonds is 1. The molecule has 0 aliphatic rings. The Balaban J connectivity index is 2.74. The molecule has 5 heteroatoms. The molecule has 0 radical (unpaired) electrons. The van der Waals surface area contributed by atoms with Crippen molar-refractivity contribution in [2.24, 2.45) is 0 Å². The number of benzene rings is 1. The van der Waals surface area contributed by atoms with E-state index in [0.717, 1.165) is 20.2 Å². The number of nitrogens with one attached hydrogen (secondary N) is 1. The van der Waals surface area contributed by atoms with Gasteiger partial charge in [0.05, 0.1) is 5.69 Å². The van der Waals surface area contributed by atoms with Gasteiger partial charge in [0.2, 0.25) is 0 Å². The third-order valence-electron chi connectivity index (χ3n) is 2.05. The molecule has 0 fully saturated rings. The van der Waals surface area contributed by atoms with Crippen molar-refractivity contribution in [3.63, 3.8) is 0 Å². The first-order valence-electron chi connectivity index (χ1n) is 4.31. The van der Waals surface area contributed by atoms with Gasteiger partial charge in [0.25, 0.3) is 0 Å². The van der Waals surface area contributed by atoms with Crippen LogP contribution in [0.3, 0.4) is 0 Å². The molecule has 0 bridgehead atoms. The lowest BCUT2D eigenvalue weighted by molar-refractivity contribution is 0.974. The third kappa shape index (κ3) is 1.94. The van der Waals surface area contributed by atoms with Gasteiger partial charge in [-0.05, 0) is 56.5 Å². The van der Waals surface area contributed by atoms with E-state index in [1.54, 1.807) is 17.0 Å². The van der Waals surface area contributed by atoms with Crippen LogP contribution in [0, 0.1) is 6.92 Å². The zero-order chi connectivity index (χ0) is 11.0. The molecule has 2 rings (SSSR count). The molecule has 78 valence electrons. The molecular weight excluding hydrogens is 324 g/mol. The fourth-order valence-corrected chi connectivity index (χ4v) is 3.22. The SMILES string of the molecule is Cc1cc(Br)c(-n2cc[nH]c2=O)c(Br)c1. The minimum Gasteiger partial charge on any atom is -0.312 e. The highest BCUT2D eigenvalue weighted by Crippen LogP contribution is 2.29. The quantitative estimate of drug-likeness (QED) is 0.857. The number of H-pyrrole nitrogens is 1. The summed E-state index contributed by atoms with van der Waals surface area (Å²) < 4.78 is 3.32. The van der Waals surface area contributed by atoms with Gasteiger partial charge in [-0.25, -0.2) is 4.79 Å². The van der Waals surface area contributed by atoms with Crippen LogP contribution in [-0.2, 0) is 0 Å². The average molecular weight is 332 g/mol. The lowest BCUT2D eigenvalue weighted by atomic mass is 10.2. The maximum Gasteiger partial charge on any atom is 0.330 e. The molecule has 0 aliphatic carbocycles. The van der Waals surface area contributed by atoms with Crippen LogP contribution < -0.4 is 5.69 Å². The highest BCUT2D eigenvalue weighted by atomic mass is 79.9. The van der Waals surface area contributed by atoms with Gasteiger partial charge in [-0.1, -0.05) is 0 Å². The first-order valence-corrected chi connectivity index (χ1v) is 5.90. The van der Waals surface area contributed by atoms with E-state index in [1.165, 1.54) is 0 Å². The Morgan fingerprint density at radius 1 is 1.27 bits per heavy atom. The number of aromatic amines is 1. The average Bonchev–Trinajstić information content (AvgIpc) is 2.50. The van der Waals surface area contributed by atoms with E-state index < -0.39 is 0 Å². The second kappa shape index (κ2) is 3.98. The Bertz CT molecular complexity index is 534. The van der Waals surface area contributed by atoms with E-state index in [1.807, 2.05) is 19.1 Å². The smallest absolute Gasteiger partial charge is 0.312 e. The van der Waals surface area contributed by atoms with Crippen molar-refractivity contribution in [3.05, 3.63) is 49.5 Å². The summed E-state index contributed by atoms with van der Waals surface area (Å²) in [4.78, 5) is 14.1. The van der Waals surface area contributed by atoms with Gasteiger partial charge in [0, 0.05) is 21.3 Å². The molecule has 0 saturated carbocycles. The van der Waals surface area contributed by atoms with Crippen molar-refractivity contribution in [2.75, 3.05) is 0 Å². The van der Waals surface area contributed by atoms with Crippen LogP contribution >= 0.6 is 31.9 Å². The molecule has 0 saturated heterocycles. The summed E-state index contributed by atoms with van der Waals surface area (Å²) >= 11 is 6.90. The number of halogens is 2. The summed E-state index contributed by atoms with van der Waals surface area (Å²) in [5.74, 6) is 0. The molecule has 15 heavy (non-hydrogen) atoms. The van der Waals surface area contributed by atoms with Crippen LogP contribution in [0.5, 0.6) is 0 Å². The molecule has 1 aromatic carbocycles. The Labute approximate surface area is 103 Å². The molecule has 3 nitrogen and oxygen atoms in total. The third-order valence-corrected chi connectivity index (χ3v) is 3.26. The van der Waals surface area contributed by atoms with E-state index in [9.17, 15) is 4.79 Å². The van der Waals surface area contributed by atoms with Gasteiger partial charge < -0.3 is 4.98 Å². The number of hydrogen-bond acceptors (Lipinski definition) is 1. The first kappa shape index (κ1) is 10.7. The fraction of sp³-hybridized carbons (Fsp3) is 0.100. The van der Waals surface area contributed by atoms with Crippen molar-refractivity contribution in [1.29, 1.82) is 0 Å². The molecule has 1 aromatic heterocycles. The van der Waals surface area contributed by atoms with E-state index in [0.29, 0.717) is 0 Å². The summed E-state index contributed by atoms with van der Waals surface area (Å²) in [5.41, 5.74) is 1.79. The number of aromatic nitrogens is 2. The van der Waals surface area contributed by atoms with Crippen molar-refractivity contribution < 1.29 is 0 Å². The molecule has 0 amide bonds. The molecule has 1 N–H and O–H groups in total. The van der Waals surface area contributed by atoms with Crippen LogP contribution in [0.2, 0.25) is 0 Å². The van der Waals surface area contributed by atoms with Crippen molar-refractivity contribution in [1.82, 2.24) is 9.55 Å². The van der Waals surface area contributed by atoms with Crippen molar-refractivity contribution in [3.8, 4) is 5.69 Å². The molecule has 2 aromatic rings. The zero-order valence-corrected chi connectivity index (χ0v) is 11.1. The topological polar surface area (TPSA) is 37.8 Å². The summed E-state index contributed by atoms with van der Waals surface area (Å²) in [6.07, 6.45) is 3.31. The van der Waals surface area contributed by atoms with Gasteiger partial charge >= 0.3 is 5.69 Å². The van der Waals surface area contributed by atoms with Crippen LogP contribution in [0.4, 0.5) is 0 Å². The summed E-state index contributed by atoms with van der Waals surface area (Å²) in [5, 5.41) is 0. The highest BCUT2D eigenvalue weighted by molar-refractivity contribution is 9.11. The molecule has 0 unspecified atom stereocenters. The van der Waals surface area contributed by atoms with Gasteiger partial charge in [-0.3, -0.25) is 4.57 Å². The maximum absolute atomic E-state index is 11.5. The Morgan fingerprint density at radius 2 is 1.87 bits per heavy atom. The van der Waals surface area contributed by atoms with E-state index in [4.69, 9.17) is 0 Å². The van der Waals surface area contributed by atoms with Gasteiger partial charge in [-0.2, -0.15) is 0 Å². The summed E-state index contributed by atoms with van der Waals surface area (Å²) in [7, 11) is 0. The first-order chi connectivity index (χ1) is 7.09. The predicted molar refractivity (Wildman–Crippen MR) is 66.5 cm³/mol. The normalized spacial score (nSPS) is 10.6. The molecule has 0 atom stereocenters. The zero-order valence-electron chi connectivity index (χ0n) is 7.92. The Hall–Kier alpha value is -0.810. The second-order valence-electron chi connectivity index (χ2n) is 3.21. The largest absolute Gasteiger partial charge is 0.330 e. The maximum atomic E-state index is 11.5. The molecule has 0 spiro atoms. The predicted octanol–water partition coefficient (Wildman–Crippen LogP) is 3.00. The lowest BCUT2D eigenvalue weighted by Crippen LogP contribution is -2.15. The molecule has 0 aliphatic heterocycles.